The molecule has 2 aromatic rings. The zero-order valence-electron chi connectivity index (χ0n) is 11.3. The van der Waals surface area contributed by atoms with Crippen molar-refractivity contribution >= 4 is 17.2 Å². The molecule has 110 valence electrons. The normalized spacial score (nSPS) is 15.0. The molecule has 6 heteroatoms. The average molecular weight is 308 g/mol. The molecule has 1 aliphatic rings. The molecule has 0 bridgehead atoms. The third-order valence-electron chi connectivity index (χ3n) is 3.53. The van der Waals surface area contributed by atoms with E-state index in [0.717, 1.165) is 24.0 Å². The number of carbonyl (C=O) groups excluding carboxylic acids is 1. The maximum Gasteiger partial charge on any atom is 0.222 e. The number of hydrogen-bond donors (Lipinski definition) is 0. The molecule has 3 nitrogen and oxygen atoms in total. The lowest BCUT2D eigenvalue weighted by Crippen LogP contribution is -2.26. The van der Waals surface area contributed by atoms with Gasteiger partial charge in [-0.3, -0.25) is 4.79 Å². The Bertz CT molecular complexity index is 671. The molecule has 1 amide bonds. The number of hydrogen-bond acceptors (Lipinski definition) is 3. The predicted molar refractivity (Wildman–Crippen MR) is 77.0 cm³/mol. The summed E-state index contributed by atoms with van der Waals surface area (Å²) in [6, 6.07) is 3.48. The number of likely N-dealkylation sites (tertiary alicyclic amines) is 1. The lowest BCUT2D eigenvalue weighted by molar-refractivity contribution is -0.127. The summed E-state index contributed by atoms with van der Waals surface area (Å²) in [4.78, 5) is 17.7. The van der Waals surface area contributed by atoms with Crippen LogP contribution in [0, 0.1) is 11.6 Å². The molecule has 1 aromatic carbocycles. The zero-order valence-corrected chi connectivity index (χ0v) is 12.1. The number of rotatable bonds is 4. The quantitative estimate of drug-likeness (QED) is 0.868. The number of benzene rings is 1. The molecule has 2 heterocycles. The molecule has 0 unspecified atom stereocenters. The van der Waals surface area contributed by atoms with E-state index < -0.39 is 11.6 Å². The Hall–Kier alpha value is -1.82. The highest BCUT2D eigenvalue weighted by Gasteiger charge is 2.20. The van der Waals surface area contributed by atoms with Gasteiger partial charge in [0.05, 0.1) is 10.7 Å². The van der Waals surface area contributed by atoms with E-state index in [1.807, 2.05) is 4.90 Å². The first-order valence-corrected chi connectivity index (χ1v) is 7.69. The van der Waals surface area contributed by atoms with Crippen LogP contribution in [-0.2, 0) is 11.2 Å². The van der Waals surface area contributed by atoms with Gasteiger partial charge >= 0.3 is 0 Å². The molecule has 0 spiro atoms. The fourth-order valence-electron chi connectivity index (χ4n) is 2.42. The SMILES string of the molecule is O=C1CCCN1CCc1nc(-c2ccc(F)cc2F)cs1. The zero-order chi connectivity index (χ0) is 14.8. The highest BCUT2D eigenvalue weighted by atomic mass is 32.1. The van der Waals surface area contributed by atoms with Gasteiger partial charge in [-0.2, -0.15) is 0 Å². The predicted octanol–water partition coefficient (Wildman–Crippen LogP) is 3.25. The molecule has 1 aliphatic heterocycles. The van der Waals surface area contributed by atoms with Crippen molar-refractivity contribution in [3.63, 3.8) is 0 Å². The van der Waals surface area contributed by atoms with Crippen molar-refractivity contribution in [2.75, 3.05) is 13.1 Å². The van der Waals surface area contributed by atoms with Gasteiger partial charge in [-0.05, 0) is 18.6 Å². The van der Waals surface area contributed by atoms with Gasteiger partial charge in [-0.1, -0.05) is 0 Å². The fraction of sp³-hybridized carbons (Fsp3) is 0.333. The third kappa shape index (κ3) is 3.10. The van der Waals surface area contributed by atoms with E-state index in [-0.39, 0.29) is 5.91 Å². The summed E-state index contributed by atoms with van der Waals surface area (Å²) in [5, 5.41) is 2.62. The van der Waals surface area contributed by atoms with E-state index >= 15 is 0 Å². The highest BCUT2D eigenvalue weighted by molar-refractivity contribution is 7.09. The van der Waals surface area contributed by atoms with Crippen molar-refractivity contribution in [3.05, 3.63) is 40.2 Å². The van der Waals surface area contributed by atoms with Gasteiger partial charge in [-0.25, -0.2) is 13.8 Å². The van der Waals surface area contributed by atoms with Crippen LogP contribution in [0.3, 0.4) is 0 Å². The molecule has 0 N–H and O–H groups in total. The fourth-order valence-corrected chi connectivity index (χ4v) is 3.21. The lowest BCUT2D eigenvalue weighted by atomic mass is 10.1. The molecule has 0 saturated carbocycles. The molecule has 3 rings (SSSR count). The van der Waals surface area contributed by atoms with E-state index in [1.54, 1.807) is 5.38 Å². The Balaban J connectivity index is 1.69. The van der Waals surface area contributed by atoms with Crippen molar-refractivity contribution in [2.24, 2.45) is 0 Å². The molecule has 1 aromatic heterocycles. The van der Waals surface area contributed by atoms with Crippen LogP contribution in [0.5, 0.6) is 0 Å². The number of aromatic nitrogens is 1. The molecule has 1 fully saturated rings. The number of thiazole rings is 1. The first kappa shape index (κ1) is 14.1. The topological polar surface area (TPSA) is 33.2 Å². The lowest BCUT2D eigenvalue weighted by Gasteiger charge is -2.13. The first-order valence-electron chi connectivity index (χ1n) is 6.81. The summed E-state index contributed by atoms with van der Waals surface area (Å²) in [6.07, 6.45) is 2.21. The highest BCUT2D eigenvalue weighted by Crippen LogP contribution is 2.25. The number of nitrogens with zero attached hydrogens (tertiary/aromatic N) is 2. The Morgan fingerprint density at radius 2 is 2.19 bits per heavy atom. The first-order chi connectivity index (χ1) is 10.1. The standard InChI is InChI=1S/C15H14F2N2OS/c16-10-3-4-11(12(17)8-10)13-9-21-14(18-13)5-7-19-6-1-2-15(19)20/h3-4,8-9H,1-2,5-7H2. The van der Waals surface area contributed by atoms with E-state index in [4.69, 9.17) is 0 Å². The Morgan fingerprint density at radius 1 is 1.33 bits per heavy atom. The molecule has 21 heavy (non-hydrogen) atoms. The van der Waals surface area contributed by atoms with E-state index in [2.05, 4.69) is 4.98 Å². The molecule has 0 aliphatic carbocycles. The minimum Gasteiger partial charge on any atom is -0.342 e. The Morgan fingerprint density at radius 3 is 2.90 bits per heavy atom. The summed E-state index contributed by atoms with van der Waals surface area (Å²) in [5.41, 5.74) is 0.816. The minimum absolute atomic E-state index is 0.191. The maximum atomic E-state index is 13.7. The van der Waals surface area contributed by atoms with E-state index in [9.17, 15) is 13.6 Å². The second-order valence-corrected chi connectivity index (χ2v) is 5.93. The molecule has 0 radical (unpaired) electrons. The molecule has 0 atom stereocenters. The third-order valence-corrected chi connectivity index (χ3v) is 4.43. The van der Waals surface area contributed by atoms with Crippen molar-refractivity contribution in [3.8, 4) is 11.3 Å². The summed E-state index contributed by atoms with van der Waals surface area (Å²) >= 11 is 1.43. The maximum absolute atomic E-state index is 13.7. The van der Waals surface area contributed by atoms with Gasteiger partial charge in [0.1, 0.15) is 11.6 Å². The largest absolute Gasteiger partial charge is 0.342 e. The summed E-state index contributed by atoms with van der Waals surface area (Å²) in [5.74, 6) is -1.02. The van der Waals surface area contributed by atoms with Crippen LogP contribution in [0.1, 0.15) is 17.8 Å². The van der Waals surface area contributed by atoms with Crippen molar-refractivity contribution in [2.45, 2.75) is 19.3 Å². The van der Waals surface area contributed by atoms with Gasteiger partial charge in [0.15, 0.2) is 0 Å². The summed E-state index contributed by atoms with van der Waals surface area (Å²) < 4.78 is 26.6. The van der Waals surface area contributed by atoms with Gasteiger partial charge in [0.25, 0.3) is 0 Å². The molecule has 1 saturated heterocycles. The van der Waals surface area contributed by atoms with Gasteiger partial charge in [-0.15, -0.1) is 11.3 Å². The van der Waals surface area contributed by atoms with Gasteiger partial charge in [0.2, 0.25) is 5.91 Å². The Kier molecular flexibility index (Phi) is 3.96. The van der Waals surface area contributed by atoms with E-state index in [1.165, 1.54) is 23.5 Å². The van der Waals surface area contributed by atoms with Crippen LogP contribution in [0.25, 0.3) is 11.3 Å². The van der Waals surface area contributed by atoms with Crippen LogP contribution in [0.2, 0.25) is 0 Å². The summed E-state index contributed by atoms with van der Waals surface area (Å²) in [7, 11) is 0. The Labute approximate surface area is 125 Å². The number of carbonyl (C=O) groups is 1. The van der Waals surface area contributed by atoms with Gasteiger partial charge in [0, 0.05) is 42.9 Å². The smallest absolute Gasteiger partial charge is 0.222 e. The van der Waals surface area contributed by atoms with Crippen LogP contribution < -0.4 is 0 Å². The van der Waals surface area contributed by atoms with Crippen LogP contribution in [0.4, 0.5) is 8.78 Å². The van der Waals surface area contributed by atoms with Crippen molar-refractivity contribution in [1.29, 1.82) is 0 Å². The number of halogens is 2. The second kappa shape index (κ2) is 5.89. The van der Waals surface area contributed by atoms with Crippen LogP contribution in [-0.4, -0.2) is 28.9 Å². The van der Waals surface area contributed by atoms with Crippen molar-refractivity contribution in [1.82, 2.24) is 9.88 Å². The monoisotopic (exact) mass is 308 g/mol. The molecular weight excluding hydrogens is 294 g/mol. The van der Waals surface area contributed by atoms with Crippen LogP contribution in [0.15, 0.2) is 23.6 Å². The van der Waals surface area contributed by atoms with Gasteiger partial charge < -0.3 is 4.90 Å². The van der Waals surface area contributed by atoms with E-state index in [0.29, 0.717) is 30.6 Å². The number of amides is 1. The summed E-state index contributed by atoms with van der Waals surface area (Å²) in [6.45, 7) is 1.46. The average Bonchev–Trinajstić information content (AvgIpc) is 3.05. The second-order valence-electron chi connectivity index (χ2n) is 4.98. The van der Waals surface area contributed by atoms with Crippen molar-refractivity contribution < 1.29 is 13.6 Å². The molecular formula is C15H14F2N2OS. The van der Waals surface area contributed by atoms with Crippen LogP contribution >= 0.6 is 11.3 Å². The minimum atomic E-state index is -0.610.